The van der Waals surface area contributed by atoms with Gasteiger partial charge in [-0.25, -0.2) is 5.43 Å². The Labute approximate surface area is 115 Å². The summed E-state index contributed by atoms with van der Waals surface area (Å²) in [6, 6.07) is 8.37. The molecule has 1 aliphatic heterocycles. The zero-order chi connectivity index (χ0) is 12.3. The van der Waals surface area contributed by atoms with Crippen LogP contribution in [-0.2, 0) is 0 Å². The molecule has 1 fully saturated rings. The van der Waals surface area contributed by atoms with Gasteiger partial charge in [-0.05, 0) is 43.4 Å². The Hall–Kier alpha value is -0.850. The SMILES string of the molecule is C[C@H]1C[C@H](NNc2ccc(Br)cc2)NC(=S)N1. The van der Waals surface area contributed by atoms with Crippen LogP contribution in [0.1, 0.15) is 13.3 Å². The van der Waals surface area contributed by atoms with Crippen molar-refractivity contribution in [2.75, 3.05) is 5.43 Å². The summed E-state index contributed by atoms with van der Waals surface area (Å²) in [6.45, 7) is 2.11. The number of thiocarbonyl (C=S) groups is 1. The number of hydrazine groups is 1. The molecule has 0 spiro atoms. The Kier molecular flexibility index (Phi) is 4.20. The van der Waals surface area contributed by atoms with Gasteiger partial charge in [0, 0.05) is 22.6 Å². The van der Waals surface area contributed by atoms with Crippen molar-refractivity contribution >= 4 is 38.9 Å². The van der Waals surface area contributed by atoms with Crippen molar-refractivity contribution in [3.8, 4) is 0 Å². The lowest BCUT2D eigenvalue weighted by atomic mass is 10.2. The summed E-state index contributed by atoms with van der Waals surface area (Å²) in [5, 5.41) is 7.02. The fraction of sp³-hybridized carbons (Fsp3) is 0.364. The van der Waals surface area contributed by atoms with E-state index in [0.29, 0.717) is 11.2 Å². The zero-order valence-corrected chi connectivity index (χ0v) is 11.9. The molecule has 17 heavy (non-hydrogen) atoms. The highest BCUT2D eigenvalue weighted by Gasteiger charge is 2.19. The zero-order valence-electron chi connectivity index (χ0n) is 9.46. The maximum atomic E-state index is 5.11. The van der Waals surface area contributed by atoms with Crippen molar-refractivity contribution in [1.82, 2.24) is 16.1 Å². The Morgan fingerprint density at radius 2 is 2.00 bits per heavy atom. The minimum atomic E-state index is 0.141. The summed E-state index contributed by atoms with van der Waals surface area (Å²) in [4.78, 5) is 0. The monoisotopic (exact) mass is 314 g/mol. The van der Waals surface area contributed by atoms with Gasteiger partial charge in [0.1, 0.15) is 0 Å². The molecule has 1 heterocycles. The van der Waals surface area contributed by atoms with Crippen LogP contribution < -0.4 is 21.5 Å². The van der Waals surface area contributed by atoms with Crippen molar-refractivity contribution in [1.29, 1.82) is 0 Å². The molecule has 0 aromatic heterocycles. The number of benzene rings is 1. The lowest BCUT2D eigenvalue weighted by Crippen LogP contribution is -2.59. The quantitative estimate of drug-likeness (QED) is 0.507. The Morgan fingerprint density at radius 3 is 2.65 bits per heavy atom. The number of hydrogen-bond donors (Lipinski definition) is 4. The minimum absolute atomic E-state index is 0.141. The summed E-state index contributed by atoms with van der Waals surface area (Å²) >= 11 is 8.51. The highest BCUT2D eigenvalue weighted by molar-refractivity contribution is 9.10. The van der Waals surface area contributed by atoms with Crippen molar-refractivity contribution < 1.29 is 0 Å². The molecule has 0 amide bonds. The van der Waals surface area contributed by atoms with E-state index in [1.807, 2.05) is 24.3 Å². The van der Waals surface area contributed by atoms with E-state index in [4.69, 9.17) is 12.2 Å². The third-order valence-electron chi connectivity index (χ3n) is 2.51. The van der Waals surface area contributed by atoms with E-state index in [-0.39, 0.29) is 6.17 Å². The number of hydrogen-bond acceptors (Lipinski definition) is 3. The van der Waals surface area contributed by atoms with Crippen LogP contribution in [0.4, 0.5) is 5.69 Å². The Morgan fingerprint density at radius 1 is 1.29 bits per heavy atom. The summed E-state index contributed by atoms with van der Waals surface area (Å²) < 4.78 is 1.07. The summed E-state index contributed by atoms with van der Waals surface area (Å²) in [7, 11) is 0. The van der Waals surface area contributed by atoms with Gasteiger partial charge in [-0.1, -0.05) is 15.9 Å². The van der Waals surface area contributed by atoms with Crippen LogP contribution >= 0.6 is 28.1 Å². The highest BCUT2D eigenvalue weighted by Crippen LogP contribution is 2.13. The molecule has 1 aliphatic rings. The van der Waals surface area contributed by atoms with Crippen molar-refractivity contribution in [2.24, 2.45) is 0 Å². The van der Waals surface area contributed by atoms with Crippen molar-refractivity contribution in [3.05, 3.63) is 28.7 Å². The second-order valence-electron chi connectivity index (χ2n) is 4.08. The fourth-order valence-electron chi connectivity index (χ4n) is 1.69. The van der Waals surface area contributed by atoms with Crippen LogP contribution in [0, 0.1) is 0 Å². The van der Waals surface area contributed by atoms with Gasteiger partial charge in [0.15, 0.2) is 5.11 Å². The van der Waals surface area contributed by atoms with Gasteiger partial charge in [-0.15, -0.1) is 0 Å². The van der Waals surface area contributed by atoms with Crippen molar-refractivity contribution in [2.45, 2.75) is 25.6 Å². The lowest BCUT2D eigenvalue weighted by molar-refractivity contribution is 0.402. The molecule has 1 aromatic rings. The molecular weight excluding hydrogens is 300 g/mol. The van der Waals surface area contributed by atoms with Crippen LogP contribution in [-0.4, -0.2) is 17.3 Å². The summed E-state index contributed by atoms with van der Waals surface area (Å²) in [5.74, 6) is 0. The lowest BCUT2D eigenvalue weighted by Gasteiger charge is -2.31. The van der Waals surface area contributed by atoms with Gasteiger partial charge in [-0.3, -0.25) is 0 Å². The second-order valence-corrected chi connectivity index (χ2v) is 5.41. The van der Waals surface area contributed by atoms with E-state index < -0.39 is 0 Å². The third-order valence-corrected chi connectivity index (χ3v) is 3.27. The molecule has 1 saturated heterocycles. The first-order valence-electron chi connectivity index (χ1n) is 5.47. The topological polar surface area (TPSA) is 48.1 Å². The standard InChI is InChI=1S/C11H15BrN4S/c1-7-6-10(14-11(17)13-7)16-15-9-4-2-8(12)3-5-9/h2-5,7,10,15-16H,6H2,1H3,(H2,13,14,17)/t7-,10-/m0/s1. The van der Waals surface area contributed by atoms with E-state index in [2.05, 4.69) is 44.3 Å². The molecule has 0 radical (unpaired) electrons. The van der Waals surface area contributed by atoms with Crippen molar-refractivity contribution in [3.63, 3.8) is 0 Å². The molecule has 2 rings (SSSR count). The molecule has 4 nitrogen and oxygen atoms in total. The van der Waals surface area contributed by atoms with Gasteiger partial charge in [-0.2, -0.15) is 0 Å². The number of rotatable bonds is 3. The van der Waals surface area contributed by atoms with Crippen LogP contribution in [0.5, 0.6) is 0 Å². The normalized spacial score (nSPS) is 23.8. The first kappa shape index (κ1) is 12.6. The van der Waals surface area contributed by atoms with Gasteiger partial charge < -0.3 is 16.1 Å². The Bertz CT molecular complexity index is 395. The molecule has 0 unspecified atom stereocenters. The fourth-order valence-corrected chi connectivity index (χ4v) is 2.30. The molecule has 2 atom stereocenters. The molecule has 92 valence electrons. The summed E-state index contributed by atoms with van der Waals surface area (Å²) in [5.41, 5.74) is 7.40. The van der Waals surface area contributed by atoms with Crippen LogP contribution in [0.3, 0.4) is 0 Å². The van der Waals surface area contributed by atoms with Gasteiger partial charge in [0.25, 0.3) is 0 Å². The van der Waals surface area contributed by atoms with E-state index in [0.717, 1.165) is 16.6 Å². The summed E-state index contributed by atoms with van der Waals surface area (Å²) in [6.07, 6.45) is 1.10. The van der Waals surface area contributed by atoms with Crippen LogP contribution in [0.2, 0.25) is 0 Å². The molecular formula is C11H15BrN4S. The average molecular weight is 315 g/mol. The first-order chi connectivity index (χ1) is 8.13. The van der Waals surface area contributed by atoms with E-state index >= 15 is 0 Å². The molecule has 0 saturated carbocycles. The maximum Gasteiger partial charge on any atom is 0.167 e. The smallest absolute Gasteiger partial charge is 0.167 e. The van der Waals surface area contributed by atoms with Gasteiger partial charge in [0.05, 0.1) is 6.17 Å². The average Bonchev–Trinajstić information content (AvgIpc) is 2.27. The number of anilines is 1. The molecule has 0 aliphatic carbocycles. The van der Waals surface area contributed by atoms with Gasteiger partial charge in [0.2, 0.25) is 0 Å². The van der Waals surface area contributed by atoms with E-state index in [1.54, 1.807) is 0 Å². The molecule has 6 heteroatoms. The van der Waals surface area contributed by atoms with E-state index in [1.165, 1.54) is 0 Å². The number of nitrogens with one attached hydrogen (secondary N) is 4. The predicted octanol–water partition coefficient (Wildman–Crippen LogP) is 1.95. The third kappa shape index (κ3) is 3.83. The second kappa shape index (κ2) is 5.66. The number of halogens is 1. The molecule has 4 N–H and O–H groups in total. The van der Waals surface area contributed by atoms with E-state index in [9.17, 15) is 0 Å². The maximum absolute atomic E-state index is 5.11. The first-order valence-corrected chi connectivity index (χ1v) is 6.68. The van der Waals surface area contributed by atoms with Crippen LogP contribution in [0.25, 0.3) is 0 Å². The van der Waals surface area contributed by atoms with Gasteiger partial charge >= 0.3 is 0 Å². The molecule has 0 bridgehead atoms. The Balaban J connectivity index is 1.85. The highest BCUT2D eigenvalue weighted by atomic mass is 79.9. The van der Waals surface area contributed by atoms with Crippen LogP contribution in [0.15, 0.2) is 28.7 Å². The molecule has 1 aromatic carbocycles. The largest absolute Gasteiger partial charge is 0.360 e. The predicted molar refractivity (Wildman–Crippen MR) is 77.6 cm³/mol. The minimum Gasteiger partial charge on any atom is -0.360 e.